The average Bonchev–Trinajstić information content (AvgIpc) is 2.85. The molecule has 1 unspecified atom stereocenters. The molecule has 5 heteroatoms. The molecule has 25 heavy (non-hydrogen) atoms. The van der Waals surface area contributed by atoms with Gasteiger partial charge in [0.15, 0.2) is 0 Å². The largest absolute Gasteiger partial charge is 0.444 e. The van der Waals surface area contributed by atoms with Crippen LogP contribution in [0.3, 0.4) is 0 Å². The number of benzene rings is 2. The van der Waals surface area contributed by atoms with Gasteiger partial charge in [0.25, 0.3) is 5.91 Å². The first-order valence-corrected chi connectivity index (χ1v) is 8.72. The van der Waals surface area contributed by atoms with Crippen molar-refractivity contribution in [2.75, 3.05) is 11.4 Å². The number of esters is 1. The number of hydrogen-bond acceptors (Lipinski definition) is 3. The molecule has 1 atom stereocenters. The Bertz CT molecular complexity index is 789. The number of rotatable bonds is 5. The van der Waals surface area contributed by atoms with Crippen LogP contribution in [0.15, 0.2) is 48.5 Å². The van der Waals surface area contributed by atoms with Gasteiger partial charge in [-0.05, 0) is 42.7 Å². The summed E-state index contributed by atoms with van der Waals surface area (Å²) in [4.78, 5) is 26.9. The minimum atomic E-state index is -0.950. The average molecular weight is 358 g/mol. The van der Waals surface area contributed by atoms with Crippen molar-refractivity contribution in [1.29, 1.82) is 0 Å². The van der Waals surface area contributed by atoms with E-state index >= 15 is 0 Å². The van der Waals surface area contributed by atoms with Gasteiger partial charge in [-0.15, -0.1) is 0 Å². The zero-order valence-corrected chi connectivity index (χ0v) is 15.0. The van der Waals surface area contributed by atoms with Crippen LogP contribution in [0.2, 0.25) is 5.02 Å². The van der Waals surface area contributed by atoms with E-state index in [-0.39, 0.29) is 5.91 Å². The summed E-state index contributed by atoms with van der Waals surface area (Å²) in [7, 11) is 0. The van der Waals surface area contributed by atoms with Gasteiger partial charge in [-0.2, -0.15) is 0 Å². The van der Waals surface area contributed by atoms with E-state index in [4.69, 9.17) is 16.3 Å². The molecule has 0 N–H and O–H groups in total. The Morgan fingerprint density at radius 2 is 1.92 bits per heavy atom. The summed E-state index contributed by atoms with van der Waals surface area (Å²) >= 11 is 6.09. The van der Waals surface area contributed by atoms with E-state index in [2.05, 4.69) is 13.8 Å². The summed E-state index contributed by atoms with van der Waals surface area (Å²) in [5.41, 5.74) is 1.82. The van der Waals surface area contributed by atoms with Crippen molar-refractivity contribution in [3.05, 3.63) is 64.7 Å². The number of carbonyl (C=O) groups excluding carboxylic acids is 2. The van der Waals surface area contributed by atoms with E-state index in [1.807, 2.05) is 12.1 Å². The van der Waals surface area contributed by atoms with Crippen LogP contribution in [-0.2, 0) is 9.53 Å². The van der Waals surface area contributed by atoms with Crippen LogP contribution >= 0.6 is 11.6 Å². The lowest BCUT2D eigenvalue weighted by molar-refractivity contribution is -0.126. The van der Waals surface area contributed by atoms with Crippen LogP contribution in [0, 0.1) is 5.92 Å². The molecule has 0 fully saturated rings. The normalized spacial score (nSPS) is 16.2. The molecule has 4 nitrogen and oxygen atoms in total. The third-order valence-corrected chi connectivity index (χ3v) is 4.45. The number of carbonyl (C=O) groups is 2. The lowest BCUT2D eigenvalue weighted by Gasteiger charge is -2.19. The van der Waals surface area contributed by atoms with Gasteiger partial charge in [0.05, 0.1) is 11.3 Å². The van der Waals surface area contributed by atoms with Gasteiger partial charge >= 0.3 is 5.97 Å². The lowest BCUT2D eigenvalue weighted by atomic mass is 10.1. The molecule has 0 radical (unpaired) electrons. The van der Waals surface area contributed by atoms with E-state index in [9.17, 15) is 9.59 Å². The number of nitrogens with zero attached hydrogens (tertiary/aromatic N) is 1. The van der Waals surface area contributed by atoms with Gasteiger partial charge < -0.3 is 9.64 Å². The molecule has 0 saturated carbocycles. The fourth-order valence-electron chi connectivity index (χ4n) is 2.86. The molecule has 2 aromatic carbocycles. The number of anilines is 1. The number of ether oxygens (including phenoxy) is 1. The number of hydrogen-bond donors (Lipinski definition) is 0. The highest BCUT2D eigenvalue weighted by atomic mass is 35.5. The molecule has 1 aliphatic rings. The van der Waals surface area contributed by atoms with E-state index in [0.29, 0.717) is 28.6 Å². The fraction of sp³-hybridized carbons (Fsp3) is 0.300. The van der Waals surface area contributed by atoms with Gasteiger partial charge in [0.1, 0.15) is 0 Å². The zero-order valence-electron chi connectivity index (χ0n) is 14.2. The minimum Gasteiger partial charge on any atom is -0.444 e. The third kappa shape index (κ3) is 3.69. The topological polar surface area (TPSA) is 46.6 Å². The number of fused-ring (bicyclic) bond motifs is 1. The van der Waals surface area contributed by atoms with Crippen molar-refractivity contribution >= 4 is 29.2 Å². The van der Waals surface area contributed by atoms with Crippen LogP contribution in [0.5, 0.6) is 0 Å². The molecule has 0 spiro atoms. The van der Waals surface area contributed by atoms with Crippen molar-refractivity contribution in [1.82, 2.24) is 0 Å². The fourth-order valence-corrected chi connectivity index (χ4v) is 3.04. The summed E-state index contributed by atoms with van der Waals surface area (Å²) in [5.74, 6) is -0.271. The van der Waals surface area contributed by atoms with Gasteiger partial charge in [-0.1, -0.05) is 43.6 Å². The van der Waals surface area contributed by atoms with E-state index in [1.54, 1.807) is 41.3 Å². The summed E-state index contributed by atoms with van der Waals surface area (Å²) in [6.07, 6.45) is -0.0822. The van der Waals surface area contributed by atoms with Gasteiger partial charge in [-0.3, -0.25) is 4.79 Å². The molecule has 1 heterocycles. The second-order valence-corrected chi connectivity index (χ2v) is 6.96. The Hall–Kier alpha value is -2.33. The predicted molar refractivity (Wildman–Crippen MR) is 97.9 cm³/mol. The summed E-state index contributed by atoms with van der Waals surface area (Å²) in [6.45, 7) is 4.80. The van der Waals surface area contributed by atoms with Crippen molar-refractivity contribution in [3.63, 3.8) is 0 Å². The van der Waals surface area contributed by atoms with Crippen LogP contribution in [-0.4, -0.2) is 18.4 Å². The Balaban J connectivity index is 1.88. The van der Waals surface area contributed by atoms with Crippen LogP contribution in [0.25, 0.3) is 0 Å². The Morgan fingerprint density at radius 3 is 2.60 bits per heavy atom. The molecule has 0 saturated heterocycles. The van der Waals surface area contributed by atoms with Crippen molar-refractivity contribution in [3.8, 4) is 0 Å². The smallest absolute Gasteiger partial charge is 0.339 e. The van der Waals surface area contributed by atoms with E-state index < -0.39 is 12.1 Å². The highest BCUT2D eigenvalue weighted by Crippen LogP contribution is 2.40. The van der Waals surface area contributed by atoms with Gasteiger partial charge in [0.2, 0.25) is 6.10 Å². The summed E-state index contributed by atoms with van der Waals surface area (Å²) in [5, 5.41) is 0.512. The molecule has 1 amide bonds. The molecule has 1 aliphatic heterocycles. The first-order valence-electron chi connectivity index (χ1n) is 8.34. The predicted octanol–water partition coefficient (Wildman–Crippen LogP) is 4.63. The molecule has 3 rings (SSSR count). The molecular formula is C20H20ClNO3. The number of halogens is 1. The Kier molecular flexibility index (Phi) is 5.09. The van der Waals surface area contributed by atoms with Crippen LogP contribution in [0.1, 0.15) is 42.3 Å². The molecule has 0 bridgehead atoms. The van der Waals surface area contributed by atoms with Crippen LogP contribution in [0.4, 0.5) is 5.69 Å². The standard InChI is InChI=1S/C20H20ClNO3/c1-13(2)10-11-22-17-9-8-15(21)12-16(17)18(19(22)23)25-20(24)14-6-4-3-5-7-14/h3-9,12-13,18H,10-11H2,1-2H3. The van der Waals surface area contributed by atoms with Crippen molar-refractivity contribution in [2.24, 2.45) is 5.92 Å². The van der Waals surface area contributed by atoms with Crippen molar-refractivity contribution in [2.45, 2.75) is 26.4 Å². The van der Waals surface area contributed by atoms with Crippen molar-refractivity contribution < 1.29 is 14.3 Å². The Labute approximate surface area is 152 Å². The molecule has 2 aromatic rings. The van der Waals surface area contributed by atoms with Crippen LogP contribution < -0.4 is 4.90 Å². The van der Waals surface area contributed by atoms with E-state index in [1.165, 1.54) is 0 Å². The summed E-state index contributed by atoms with van der Waals surface area (Å²) in [6, 6.07) is 13.9. The number of amides is 1. The summed E-state index contributed by atoms with van der Waals surface area (Å²) < 4.78 is 5.54. The van der Waals surface area contributed by atoms with E-state index in [0.717, 1.165) is 12.1 Å². The monoisotopic (exact) mass is 357 g/mol. The minimum absolute atomic E-state index is 0.220. The Morgan fingerprint density at radius 1 is 1.20 bits per heavy atom. The SMILES string of the molecule is CC(C)CCN1C(=O)C(OC(=O)c2ccccc2)c2cc(Cl)ccc21. The second-order valence-electron chi connectivity index (χ2n) is 6.53. The molecule has 0 aromatic heterocycles. The van der Waals surface area contributed by atoms with Gasteiger partial charge in [0, 0.05) is 17.1 Å². The molecule has 130 valence electrons. The quantitative estimate of drug-likeness (QED) is 0.733. The molecular weight excluding hydrogens is 338 g/mol. The zero-order chi connectivity index (χ0) is 18.0. The lowest BCUT2D eigenvalue weighted by Crippen LogP contribution is -2.32. The molecule has 0 aliphatic carbocycles. The maximum Gasteiger partial charge on any atom is 0.339 e. The highest BCUT2D eigenvalue weighted by molar-refractivity contribution is 6.31. The first-order chi connectivity index (χ1) is 12.0. The second kappa shape index (κ2) is 7.28. The third-order valence-electron chi connectivity index (χ3n) is 4.22. The maximum atomic E-state index is 12.9. The first kappa shape index (κ1) is 17.5. The highest BCUT2D eigenvalue weighted by Gasteiger charge is 2.40. The maximum absolute atomic E-state index is 12.9. The van der Waals surface area contributed by atoms with Gasteiger partial charge in [-0.25, -0.2) is 4.79 Å².